The molecular formula is C12H18ClN3O2. The Kier molecular flexibility index (Phi) is 5.37. The van der Waals surface area contributed by atoms with E-state index < -0.39 is 4.92 Å². The van der Waals surface area contributed by atoms with E-state index >= 15 is 0 Å². The van der Waals surface area contributed by atoms with Gasteiger partial charge in [-0.2, -0.15) is 0 Å². The van der Waals surface area contributed by atoms with E-state index in [1.165, 1.54) is 6.07 Å². The molecule has 0 aliphatic rings. The van der Waals surface area contributed by atoms with E-state index in [1.54, 1.807) is 12.1 Å². The Morgan fingerprint density at radius 3 is 2.72 bits per heavy atom. The highest BCUT2D eigenvalue weighted by Crippen LogP contribution is 2.31. The molecule has 0 bridgehead atoms. The molecule has 0 fully saturated rings. The van der Waals surface area contributed by atoms with Crippen LogP contribution in [0.5, 0.6) is 0 Å². The van der Waals surface area contributed by atoms with Crippen molar-refractivity contribution in [2.24, 2.45) is 0 Å². The Balaban J connectivity index is 2.68. The summed E-state index contributed by atoms with van der Waals surface area (Å²) in [6, 6.07) is 5.33. The van der Waals surface area contributed by atoms with E-state index in [0.717, 1.165) is 6.54 Å². The van der Waals surface area contributed by atoms with Crippen molar-refractivity contribution < 1.29 is 4.92 Å². The van der Waals surface area contributed by atoms with Crippen LogP contribution in [-0.2, 0) is 0 Å². The van der Waals surface area contributed by atoms with Crippen molar-refractivity contribution >= 4 is 23.0 Å². The topological polar surface area (TPSA) is 58.4 Å². The maximum Gasteiger partial charge on any atom is 0.310 e. The van der Waals surface area contributed by atoms with Gasteiger partial charge in [0, 0.05) is 19.1 Å². The van der Waals surface area contributed by atoms with Crippen molar-refractivity contribution in [1.29, 1.82) is 0 Å². The van der Waals surface area contributed by atoms with Crippen LogP contribution >= 0.6 is 11.6 Å². The molecule has 0 spiro atoms. The lowest BCUT2D eigenvalue weighted by atomic mass is 10.2. The highest BCUT2D eigenvalue weighted by Gasteiger charge is 2.17. The summed E-state index contributed by atoms with van der Waals surface area (Å²) in [7, 11) is 2.01. The predicted molar refractivity (Wildman–Crippen MR) is 74.4 cm³/mol. The molecule has 0 aliphatic carbocycles. The van der Waals surface area contributed by atoms with Crippen LogP contribution in [-0.4, -0.2) is 36.0 Å². The second-order valence-electron chi connectivity index (χ2n) is 4.39. The minimum atomic E-state index is -0.461. The fourth-order valence-electron chi connectivity index (χ4n) is 1.47. The fourth-order valence-corrected chi connectivity index (χ4v) is 1.71. The zero-order valence-electron chi connectivity index (χ0n) is 10.8. The van der Waals surface area contributed by atoms with Gasteiger partial charge < -0.3 is 10.2 Å². The summed E-state index contributed by atoms with van der Waals surface area (Å²) in [5.74, 6) is 0. The quantitative estimate of drug-likeness (QED) is 0.638. The first kappa shape index (κ1) is 14.7. The molecule has 100 valence electrons. The SMILES string of the molecule is CC(C)N(C)CCNc1cccc(Cl)c1[N+](=O)[O-]. The predicted octanol–water partition coefficient (Wildman–Crippen LogP) is 3.00. The number of nitrogens with zero attached hydrogens (tertiary/aromatic N) is 2. The van der Waals surface area contributed by atoms with Crippen molar-refractivity contribution in [3.63, 3.8) is 0 Å². The van der Waals surface area contributed by atoms with Gasteiger partial charge in [0.05, 0.1) is 4.92 Å². The first-order valence-electron chi connectivity index (χ1n) is 5.80. The largest absolute Gasteiger partial charge is 0.378 e. The molecule has 18 heavy (non-hydrogen) atoms. The van der Waals surface area contributed by atoms with E-state index in [1.807, 2.05) is 7.05 Å². The first-order chi connectivity index (χ1) is 8.43. The Labute approximate surface area is 112 Å². The molecule has 0 radical (unpaired) electrons. The second kappa shape index (κ2) is 6.56. The van der Waals surface area contributed by atoms with Gasteiger partial charge in [-0.3, -0.25) is 10.1 Å². The van der Waals surface area contributed by atoms with Gasteiger partial charge in [-0.15, -0.1) is 0 Å². The summed E-state index contributed by atoms with van der Waals surface area (Å²) in [6.07, 6.45) is 0. The molecule has 0 unspecified atom stereocenters. The Morgan fingerprint density at radius 2 is 2.17 bits per heavy atom. The maximum atomic E-state index is 10.9. The Bertz CT molecular complexity index is 424. The summed E-state index contributed by atoms with van der Waals surface area (Å²) in [6.45, 7) is 5.64. The molecule has 0 amide bonds. The monoisotopic (exact) mass is 271 g/mol. The van der Waals surface area contributed by atoms with Gasteiger partial charge in [0.15, 0.2) is 0 Å². The zero-order chi connectivity index (χ0) is 13.7. The molecule has 0 aromatic heterocycles. The van der Waals surface area contributed by atoms with Gasteiger partial charge in [0.1, 0.15) is 10.7 Å². The van der Waals surface area contributed by atoms with Crippen LogP contribution in [0.1, 0.15) is 13.8 Å². The lowest BCUT2D eigenvalue weighted by Gasteiger charge is -2.21. The zero-order valence-corrected chi connectivity index (χ0v) is 11.6. The lowest BCUT2D eigenvalue weighted by molar-refractivity contribution is -0.383. The smallest absolute Gasteiger partial charge is 0.310 e. The molecule has 1 rings (SSSR count). The third kappa shape index (κ3) is 3.85. The highest BCUT2D eigenvalue weighted by molar-refractivity contribution is 6.33. The summed E-state index contributed by atoms with van der Waals surface area (Å²) in [5.41, 5.74) is 0.399. The van der Waals surface area contributed by atoms with Crippen molar-refractivity contribution in [1.82, 2.24) is 4.90 Å². The summed E-state index contributed by atoms with van der Waals surface area (Å²) in [5, 5.41) is 14.1. The van der Waals surface area contributed by atoms with Crippen LogP contribution in [0.3, 0.4) is 0 Å². The molecule has 0 saturated heterocycles. The van der Waals surface area contributed by atoms with Crippen LogP contribution in [0.2, 0.25) is 5.02 Å². The van der Waals surface area contributed by atoms with E-state index in [-0.39, 0.29) is 10.7 Å². The van der Waals surface area contributed by atoms with Gasteiger partial charge >= 0.3 is 5.69 Å². The number of nitro benzene ring substituents is 1. The molecule has 6 heteroatoms. The Hall–Kier alpha value is -1.33. The standard InChI is InChI=1S/C12H18ClN3O2/c1-9(2)15(3)8-7-14-11-6-4-5-10(13)12(11)16(17)18/h4-6,9,14H,7-8H2,1-3H3. The van der Waals surface area contributed by atoms with E-state index in [9.17, 15) is 10.1 Å². The Morgan fingerprint density at radius 1 is 1.50 bits per heavy atom. The van der Waals surface area contributed by atoms with Crippen molar-refractivity contribution in [2.75, 3.05) is 25.5 Å². The van der Waals surface area contributed by atoms with Gasteiger partial charge in [-0.25, -0.2) is 0 Å². The average Bonchev–Trinajstić information content (AvgIpc) is 2.28. The van der Waals surface area contributed by atoms with Gasteiger partial charge in [0.2, 0.25) is 0 Å². The number of hydrogen-bond acceptors (Lipinski definition) is 4. The third-order valence-electron chi connectivity index (χ3n) is 2.83. The van der Waals surface area contributed by atoms with Crippen LogP contribution in [0.4, 0.5) is 11.4 Å². The van der Waals surface area contributed by atoms with Crippen molar-refractivity contribution in [3.05, 3.63) is 33.3 Å². The molecule has 0 saturated carbocycles. The first-order valence-corrected chi connectivity index (χ1v) is 6.18. The average molecular weight is 272 g/mol. The minimum Gasteiger partial charge on any atom is -0.378 e. The molecule has 1 aromatic rings. The molecule has 0 atom stereocenters. The van der Waals surface area contributed by atoms with E-state index in [0.29, 0.717) is 18.3 Å². The minimum absolute atomic E-state index is 0.0635. The van der Waals surface area contributed by atoms with Gasteiger partial charge in [-0.05, 0) is 33.0 Å². The fraction of sp³-hybridized carbons (Fsp3) is 0.500. The molecule has 0 aliphatic heterocycles. The van der Waals surface area contributed by atoms with Crippen LogP contribution in [0.25, 0.3) is 0 Å². The lowest BCUT2D eigenvalue weighted by Crippen LogP contribution is -2.31. The van der Waals surface area contributed by atoms with E-state index in [2.05, 4.69) is 24.1 Å². The van der Waals surface area contributed by atoms with Crippen molar-refractivity contribution in [3.8, 4) is 0 Å². The number of hydrogen-bond donors (Lipinski definition) is 1. The summed E-state index contributed by atoms with van der Waals surface area (Å²) < 4.78 is 0. The number of likely N-dealkylation sites (N-methyl/N-ethyl adjacent to an activating group) is 1. The number of para-hydroxylation sites is 1. The highest BCUT2D eigenvalue weighted by atomic mass is 35.5. The van der Waals surface area contributed by atoms with Crippen LogP contribution in [0.15, 0.2) is 18.2 Å². The number of nitro groups is 1. The number of nitrogens with one attached hydrogen (secondary N) is 1. The maximum absolute atomic E-state index is 10.9. The molecule has 0 heterocycles. The molecule has 5 nitrogen and oxygen atoms in total. The molecule has 1 N–H and O–H groups in total. The third-order valence-corrected chi connectivity index (χ3v) is 3.14. The van der Waals surface area contributed by atoms with Gasteiger partial charge in [-0.1, -0.05) is 17.7 Å². The number of halogens is 1. The second-order valence-corrected chi connectivity index (χ2v) is 4.80. The number of anilines is 1. The number of rotatable bonds is 6. The van der Waals surface area contributed by atoms with E-state index in [4.69, 9.17) is 11.6 Å². The normalized spacial score (nSPS) is 11.0. The number of benzene rings is 1. The summed E-state index contributed by atoms with van der Waals surface area (Å²) in [4.78, 5) is 12.6. The van der Waals surface area contributed by atoms with Crippen LogP contribution < -0.4 is 5.32 Å². The van der Waals surface area contributed by atoms with Gasteiger partial charge in [0.25, 0.3) is 0 Å². The molecule has 1 aromatic carbocycles. The summed E-state index contributed by atoms with van der Waals surface area (Å²) >= 11 is 5.82. The van der Waals surface area contributed by atoms with Crippen LogP contribution in [0, 0.1) is 10.1 Å². The molecular weight excluding hydrogens is 254 g/mol. The van der Waals surface area contributed by atoms with Crippen molar-refractivity contribution in [2.45, 2.75) is 19.9 Å².